The van der Waals surface area contributed by atoms with Crippen LogP contribution in [0.15, 0.2) is 11.8 Å². The maximum absolute atomic E-state index is 11.1. The maximum atomic E-state index is 11.1. The Hall–Kier alpha value is -0.790. The highest BCUT2D eigenvalue weighted by Gasteiger charge is 2.13. The molecule has 0 N–H and O–H groups in total. The molecule has 0 atom stereocenters. The van der Waals surface area contributed by atoms with Gasteiger partial charge in [0, 0.05) is 31.8 Å². The van der Waals surface area contributed by atoms with Crippen molar-refractivity contribution in [1.29, 1.82) is 0 Å². The van der Waals surface area contributed by atoms with Gasteiger partial charge in [0.2, 0.25) is 0 Å². The van der Waals surface area contributed by atoms with E-state index in [0.29, 0.717) is 12.2 Å². The average molecular weight is 139 g/mol. The Morgan fingerprint density at radius 1 is 1.80 bits per heavy atom. The highest BCUT2D eigenvalue weighted by Crippen LogP contribution is 2.13. The predicted molar refractivity (Wildman–Crippen MR) is 40.6 cm³/mol. The molecule has 0 aliphatic carbocycles. The standard InChI is InChI=1S/C8H13NO/c1-3-8(10)7-4-5-9(2)6-7/h6H,3-5H2,1-2H3. The van der Waals surface area contributed by atoms with Crippen molar-refractivity contribution in [2.45, 2.75) is 19.8 Å². The lowest BCUT2D eigenvalue weighted by Crippen LogP contribution is -2.04. The summed E-state index contributed by atoms with van der Waals surface area (Å²) < 4.78 is 0. The summed E-state index contributed by atoms with van der Waals surface area (Å²) in [6.07, 6.45) is 3.52. The van der Waals surface area contributed by atoms with Gasteiger partial charge in [0.1, 0.15) is 0 Å². The zero-order valence-corrected chi connectivity index (χ0v) is 6.55. The van der Waals surface area contributed by atoms with Gasteiger partial charge < -0.3 is 4.90 Å². The third-order valence-corrected chi connectivity index (χ3v) is 1.79. The van der Waals surface area contributed by atoms with E-state index in [1.807, 2.05) is 20.2 Å². The topological polar surface area (TPSA) is 20.3 Å². The van der Waals surface area contributed by atoms with Crippen molar-refractivity contribution in [3.8, 4) is 0 Å². The van der Waals surface area contributed by atoms with Gasteiger partial charge in [0.05, 0.1) is 0 Å². The molecule has 2 heteroatoms. The smallest absolute Gasteiger partial charge is 0.160 e. The van der Waals surface area contributed by atoms with Gasteiger partial charge in [-0.3, -0.25) is 4.79 Å². The second-order valence-electron chi connectivity index (χ2n) is 2.66. The summed E-state index contributed by atoms with van der Waals surface area (Å²) in [6.45, 7) is 2.91. The van der Waals surface area contributed by atoms with Crippen LogP contribution in [0.1, 0.15) is 19.8 Å². The Morgan fingerprint density at radius 2 is 2.50 bits per heavy atom. The number of hydrogen-bond donors (Lipinski definition) is 0. The first-order chi connectivity index (χ1) is 4.74. The minimum absolute atomic E-state index is 0.296. The van der Waals surface area contributed by atoms with Crippen molar-refractivity contribution in [1.82, 2.24) is 4.90 Å². The van der Waals surface area contributed by atoms with Crippen LogP contribution in [-0.4, -0.2) is 24.3 Å². The normalized spacial score (nSPS) is 17.4. The van der Waals surface area contributed by atoms with Crippen molar-refractivity contribution in [3.05, 3.63) is 11.8 Å². The second-order valence-corrected chi connectivity index (χ2v) is 2.66. The van der Waals surface area contributed by atoms with E-state index in [2.05, 4.69) is 4.90 Å². The van der Waals surface area contributed by atoms with Crippen LogP contribution in [0.5, 0.6) is 0 Å². The Kier molecular flexibility index (Phi) is 2.10. The molecule has 0 aromatic heterocycles. The van der Waals surface area contributed by atoms with Crippen molar-refractivity contribution in [3.63, 3.8) is 0 Å². The fourth-order valence-corrected chi connectivity index (χ4v) is 1.13. The first kappa shape index (κ1) is 7.32. The lowest BCUT2D eigenvalue weighted by Gasteiger charge is -2.02. The van der Waals surface area contributed by atoms with E-state index in [9.17, 15) is 4.79 Å². The molecule has 0 unspecified atom stereocenters. The van der Waals surface area contributed by atoms with E-state index in [4.69, 9.17) is 0 Å². The van der Waals surface area contributed by atoms with Crippen molar-refractivity contribution in [2.75, 3.05) is 13.6 Å². The van der Waals surface area contributed by atoms with E-state index < -0.39 is 0 Å². The summed E-state index contributed by atoms with van der Waals surface area (Å²) in [6, 6.07) is 0. The summed E-state index contributed by atoms with van der Waals surface area (Å²) in [5.41, 5.74) is 0.991. The maximum Gasteiger partial charge on any atom is 0.160 e. The van der Waals surface area contributed by atoms with Crippen LogP contribution >= 0.6 is 0 Å². The van der Waals surface area contributed by atoms with Crippen LogP contribution in [0.2, 0.25) is 0 Å². The van der Waals surface area contributed by atoms with E-state index >= 15 is 0 Å². The molecule has 0 saturated heterocycles. The van der Waals surface area contributed by atoms with Gasteiger partial charge in [-0.05, 0) is 6.42 Å². The zero-order chi connectivity index (χ0) is 7.56. The molecule has 0 aromatic rings. The Bertz CT molecular complexity index is 172. The fraction of sp³-hybridized carbons (Fsp3) is 0.625. The van der Waals surface area contributed by atoms with E-state index in [0.717, 1.165) is 18.5 Å². The number of hydrogen-bond acceptors (Lipinski definition) is 2. The summed E-state index contributed by atoms with van der Waals surface area (Å²) in [7, 11) is 2.00. The van der Waals surface area contributed by atoms with Crippen LogP contribution < -0.4 is 0 Å². The van der Waals surface area contributed by atoms with Gasteiger partial charge in [0.25, 0.3) is 0 Å². The van der Waals surface area contributed by atoms with Crippen molar-refractivity contribution in [2.24, 2.45) is 0 Å². The number of ketones is 1. The minimum Gasteiger partial charge on any atom is -0.380 e. The third-order valence-electron chi connectivity index (χ3n) is 1.79. The van der Waals surface area contributed by atoms with Gasteiger partial charge in [-0.15, -0.1) is 0 Å². The van der Waals surface area contributed by atoms with Gasteiger partial charge in [0.15, 0.2) is 5.78 Å². The van der Waals surface area contributed by atoms with Gasteiger partial charge in [-0.1, -0.05) is 6.92 Å². The molecule has 0 fully saturated rings. The molecule has 10 heavy (non-hydrogen) atoms. The molecule has 56 valence electrons. The monoisotopic (exact) mass is 139 g/mol. The number of nitrogens with zero attached hydrogens (tertiary/aromatic N) is 1. The fourth-order valence-electron chi connectivity index (χ4n) is 1.13. The zero-order valence-electron chi connectivity index (χ0n) is 6.55. The van der Waals surface area contributed by atoms with Crippen LogP contribution in [0.25, 0.3) is 0 Å². The Balaban J connectivity index is 2.57. The van der Waals surface area contributed by atoms with Gasteiger partial charge >= 0.3 is 0 Å². The van der Waals surface area contributed by atoms with E-state index in [-0.39, 0.29) is 0 Å². The average Bonchev–Trinajstić information content (AvgIpc) is 2.34. The summed E-state index contributed by atoms with van der Waals surface area (Å²) in [4.78, 5) is 13.1. The molecular weight excluding hydrogens is 126 g/mol. The molecule has 1 rings (SSSR count). The minimum atomic E-state index is 0.296. The Labute approximate surface area is 61.5 Å². The quantitative estimate of drug-likeness (QED) is 0.572. The van der Waals surface area contributed by atoms with Gasteiger partial charge in [-0.25, -0.2) is 0 Å². The van der Waals surface area contributed by atoms with Crippen LogP contribution in [0.3, 0.4) is 0 Å². The number of rotatable bonds is 2. The van der Waals surface area contributed by atoms with Crippen molar-refractivity contribution < 1.29 is 4.79 Å². The summed E-state index contributed by atoms with van der Waals surface area (Å²) in [5, 5.41) is 0. The van der Waals surface area contributed by atoms with Crippen LogP contribution in [0.4, 0.5) is 0 Å². The molecule has 0 bridgehead atoms. The SMILES string of the molecule is CCC(=O)C1=CN(C)CC1. The highest BCUT2D eigenvalue weighted by molar-refractivity contribution is 5.95. The molecule has 1 aliphatic heterocycles. The largest absolute Gasteiger partial charge is 0.380 e. The van der Waals surface area contributed by atoms with Crippen LogP contribution in [-0.2, 0) is 4.79 Å². The van der Waals surface area contributed by atoms with E-state index in [1.165, 1.54) is 0 Å². The first-order valence-electron chi connectivity index (χ1n) is 3.68. The second kappa shape index (κ2) is 2.86. The molecule has 1 aliphatic rings. The van der Waals surface area contributed by atoms with E-state index in [1.54, 1.807) is 0 Å². The Morgan fingerprint density at radius 3 is 2.90 bits per heavy atom. The van der Waals surface area contributed by atoms with Crippen LogP contribution in [0, 0.1) is 0 Å². The summed E-state index contributed by atoms with van der Waals surface area (Å²) >= 11 is 0. The molecule has 1 heterocycles. The van der Waals surface area contributed by atoms with Crippen molar-refractivity contribution >= 4 is 5.78 Å². The van der Waals surface area contributed by atoms with Gasteiger partial charge in [-0.2, -0.15) is 0 Å². The first-order valence-corrected chi connectivity index (χ1v) is 3.68. The lowest BCUT2D eigenvalue weighted by atomic mass is 10.1. The number of Topliss-reactive ketones (excluding diaryl/α,β-unsaturated/α-hetero) is 1. The lowest BCUT2D eigenvalue weighted by molar-refractivity contribution is -0.115. The molecule has 2 nitrogen and oxygen atoms in total. The molecular formula is C8H13NO. The molecule has 0 radical (unpaired) electrons. The molecule has 0 saturated carbocycles. The molecule has 0 spiro atoms. The summed E-state index contributed by atoms with van der Waals surface area (Å²) in [5.74, 6) is 0.296. The molecule has 0 aromatic carbocycles. The third kappa shape index (κ3) is 1.38. The highest BCUT2D eigenvalue weighted by atomic mass is 16.1. The predicted octanol–water partition coefficient (Wildman–Crippen LogP) is 1.18. The number of carbonyl (C=O) groups excluding carboxylic acids is 1. The number of carbonyl (C=O) groups is 1. The molecule has 0 amide bonds.